The summed E-state index contributed by atoms with van der Waals surface area (Å²) in [7, 11) is -4.31. The fourth-order valence-corrected chi connectivity index (χ4v) is 4.44. The molecule has 0 saturated heterocycles. The van der Waals surface area contributed by atoms with Gasteiger partial charge in [0.2, 0.25) is 5.91 Å². The van der Waals surface area contributed by atoms with Gasteiger partial charge in [-0.25, -0.2) is 0 Å². The largest absolute Gasteiger partial charge is 0.756 e. The molecular weight excluding hydrogens is 427 g/mol. The number of carbonyl (C=O) groups excluding carboxylic acids is 1. The van der Waals surface area contributed by atoms with Gasteiger partial charge in [0.1, 0.15) is 0 Å². The van der Waals surface area contributed by atoms with E-state index in [2.05, 4.69) is 5.32 Å². The van der Waals surface area contributed by atoms with E-state index in [-0.39, 0.29) is 18.9 Å². The number of pyridine rings is 1. The molecule has 0 bridgehead atoms. The number of benzene rings is 2. The van der Waals surface area contributed by atoms with Gasteiger partial charge in [-0.3, -0.25) is 14.3 Å². The molecule has 1 unspecified atom stereocenters. The fraction of sp³-hybridized carbons (Fsp3) is 0.333. The van der Waals surface area contributed by atoms with Crippen molar-refractivity contribution in [3.63, 3.8) is 0 Å². The molecule has 1 atom stereocenters. The smallest absolute Gasteiger partial charge is 0.268 e. The molecule has 3 aromatic rings. The Hall–Kier alpha value is -2.57. The summed E-state index contributed by atoms with van der Waals surface area (Å²) in [4.78, 5) is 28.9. The van der Waals surface area contributed by atoms with Crippen LogP contribution in [0.3, 0.4) is 0 Å². The summed E-state index contributed by atoms with van der Waals surface area (Å²) >= 11 is 0. The number of carbonyl (C=O) groups is 1. The minimum atomic E-state index is -4.31. The first-order valence-electron chi connectivity index (χ1n) is 10.6. The SMILES string of the molecule is Cc1nc2ccccc2c(-c2ccccc2)c1CC(=O)NCCCOP(=O)([O-])OC(C)C. The molecule has 1 N–H and O–H groups in total. The molecule has 0 aliphatic rings. The lowest BCUT2D eigenvalue weighted by Crippen LogP contribution is -2.27. The molecule has 0 saturated carbocycles. The lowest BCUT2D eigenvalue weighted by Gasteiger charge is -2.24. The highest BCUT2D eigenvalue weighted by atomic mass is 31.2. The van der Waals surface area contributed by atoms with Gasteiger partial charge in [-0.05, 0) is 49.9 Å². The van der Waals surface area contributed by atoms with Crippen LogP contribution in [0.25, 0.3) is 22.0 Å². The second-order valence-electron chi connectivity index (χ2n) is 7.75. The molecule has 0 spiro atoms. The van der Waals surface area contributed by atoms with E-state index in [9.17, 15) is 14.3 Å². The molecule has 3 rings (SSSR count). The molecule has 1 heterocycles. The van der Waals surface area contributed by atoms with E-state index in [1.165, 1.54) is 0 Å². The summed E-state index contributed by atoms with van der Waals surface area (Å²) in [5.41, 5.74) is 4.60. The fourth-order valence-electron chi connectivity index (χ4n) is 3.51. The first-order valence-corrected chi connectivity index (χ1v) is 12.1. The normalized spacial score (nSPS) is 13.3. The predicted octanol–water partition coefficient (Wildman–Crippen LogP) is 4.17. The average molecular weight is 455 g/mol. The van der Waals surface area contributed by atoms with Crippen molar-refractivity contribution in [1.29, 1.82) is 0 Å². The van der Waals surface area contributed by atoms with Crippen molar-refractivity contribution in [3.05, 3.63) is 65.9 Å². The summed E-state index contributed by atoms with van der Waals surface area (Å²) in [5, 5.41) is 3.83. The van der Waals surface area contributed by atoms with Crippen LogP contribution in [0.5, 0.6) is 0 Å². The number of para-hydroxylation sites is 1. The first kappa shape index (κ1) is 24.1. The summed E-state index contributed by atoms with van der Waals surface area (Å²) in [5.74, 6) is -0.161. The number of hydrogen-bond acceptors (Lipinski definition) is 6. The molecule has 7 nitrogen and oxygen atoms in total. The standard InChI is InChI=1S/C24H29N2O5P/c1-17(2)31-32(28,29)30-15-9-14-25-23(27)16-21-18(3)26-22-13-8-7-12-20(22)24(21)19-10-5-4-6-11-19/h4-8,10-13,17H,9,14-16H2,1-3H3,(H,25,27)(H,28,29)/p-1. The number of aryl methyl sites for hydroxylation is 1. The maximum Gasteiger partial charge on any atom is 0.268 e. The van der Waals surface area contributed by atoms with Gasteiger partial charge in [0.05, 0.1) is 24.6 Å². The van der Waals surface area contributed by atoms with Crippen molar-refractivity contribution in [3.8, 4) is 11.1 Å². The Labute approximate surface area is 188 Å². The number of fused-ring (bicyclic) bond motifs is 1. The Bertz CT molecular complexity index is 1120. The molecule has 0 fully saturated rings. The quantitative estimate of drug-likeness (QED) is 0.364. The van der Waals surface area contributed by atoms with Crippen molar-refractivity contribution in [2.45, 2.75) is 39.7 Å². The summed E-state index contributed by atoms with van der Waals surface area (Å²) in [6.45, 7) is 5.37. The maximum atomic E-state index is 12.7. The van der Waals surface area contributed by atoms with Gasteiger partial charge in [0, 0.05) is 17.6 Å². The second kappa shape index (κ2) is 10.8. The van der Waals surface area contributed by atoms with Crippen molar-refractivity contribution < 1.29 is 23.3 Å². The number of aromatic nitrogens is 1. The van der Waals surface area contributed by atoms with Crippen molar-refractivity contribution in [2.75, 3.05) is 13.2 Å². The molecule has 170 valence electrons. The average Bonchev–Trinajstić information content (AvgIpc) is 2.73. The Balaban J connectivity index is 1.69. The zero-order valence-corrected chi connectivity index (χ0v) is 19.4. The van der Waals surface area contributed by atoms with Gasteiger partial charge in [-0.1, -0.05) is 48.5 Å². The van der Waals surface area contributed by atoms with Gasteiger partial charge < -0.3 is 19.3 Å². The number of nitrogens with zero attached hydrogens (tertiary/aromatic N) is 1. The van der Waals surface area contributed by atoms with Crippen LogP contribution in [0.15, 0.2) is 54.6 Å². The lowest BCUT2D eigenvalue weighted by atomic mass is 9.92. The van der Waals surface area contributed by atoms with Crippen LogP contribution in [0, 0.1) is 6.92 Å². The zero-order chi connectivity index (χ0) is 23.1. The lowest BCUT2D eigenvalue weighted by molar-refractivity contribution is -0.228. The zero-order valence-electron chi connectivity index (χ0n) is 18.5. The molecule has 0 aliphatic carbocycles. The van der Waals surface area contributed by atoms with Crippen LogP contribution in [-0.2, 0) is 24.8 Å². The van der Waals surface area contributed by atoms with Crippen LogP contribution < -0.4 is 10.2 Å². The number of nitrogens with one attached hydrogen (secondary N) is 1. The highest BCUT2D eigenvalue weighted by Gasteiger charge is 2.17. The van der Waals surface area contributed by atoms with E-state index < -0.39 is 13.9 Å². The second-order valence-corrected chi connectivity index (χ2v) is 9.11. The third-order valence-corrected chi connectivity index (χ3v) is 6.01. The number of rotatable bonds is 10. The Morgan fingerprint density at radius 3 is 2.53 bits per heavy atom. The molecule has 0 radical (unpaired) electrons. The van der Waals surface area contributed by atoms with E-state index in [4.69, 9.17) is 14.0 Å². The number of hydrogen-bond donors (Lipinski definition) is 1. The molecule has 0 aliphatic heterocycles. The Kier molecular flexibility index (Phi) is 8.15. The number of phosphoric acid groups is 1. The van der Waals surface area contributed by atoms with Crippen LogP contribution >= 0.6 is 7.82 Å². The predicted molar refractivity (Wildman–Crippen MR) is 123 cm³/mol. The molecule has 2 aromatic carbocycles. The monoisotopic (exact) mass is 455 g/mol. The molecule has 1 aromatic heterocycles. The topological polar surface area (TPSA) is 101 Å². The van der Waals surface area contributed by atoms with Crippen molar-refractivity contribution >= 4 is 24.6 Å². The van der Waals surface area contributed by atoms with E-state index >= 15 is 0 Å². The summed E-state index contributed by atoms with van der Waals surface area (Å²) in [6.07, 6.45) is 0.0428. The van der Waals surface area contributed by atoms with E-state index in [0.717, 1.165) is 33.3 Å². The van der Waals surface area contributed by atoms with Crippen molar-refractivity contribution in [1.82, 2.24) is 10.3 Å². The summed E-state index contributed by atoms with van der Waals surface area (Å²) in [6, 6.07) is 17.9. The number of phosphoric ester groups is 1. The van der Waals surface area contributed by atoms with Crippen molar-refractivity contribution in [2.24, 2.45) is 0 Å². The highest BCUT2D eigenvalue weighted by Crippen LogP contribution is 2.39. The molecular formula is C24H28N2O5P-. The Morgan fingerprint density at radius 2 is 1.81 bits per heavy atom. The van der Waals surface area contributed by atoms with Gasteiger partial charge in [0.15, 0.2) is 0 Å². The van der Waals surface area contributed by atoms with Crippen LogP contribution in [0.4, 0.5) is 0 Å². The molecule has 8 heteroatoms. The van der Waals surface area contributed by atoms with E-state index in [1.807, 2.05) is 61.5 Å². The highest BCUT2D eigenvalue weighted by molar-refractivity contribution is 7.45. The minimum Gasteiger partial charge on any atom is -0.756 e. The van der Waals surface area contributed by atoms with Crippen LogP contribution in [0.2, 0.25) is 0 Å². The maximum absolute atomic E-state index is 12.7. The van der Waals surface area contributed by atoms with Gasteiger partial charge >= 0.3 is 0 Å². The molecule has 32 heavy (non-hydrogen) atoms. The first-order chi connectivity index (χ1) is 15.3. The molecule has 1 amide bonds. The van der Waals surface area contributed by atoms with Gasteiger partial charge in [-0.15, -0.1) is 0 Å². The third kappa shape index (κ3) is 6.47. The van der Waals surface area contributed by atoms with Crippen LogP contribution in [0.1, 0.15) is 31.5 Å². The Morgan fingerprint density at radius 1 is 1.12 bits per heavy atom. The van der Waals surface area contributed by atoms with E-state index in [1.54, 1.807) is 13.8 Å². The van der Waals surface area contributed by atoms with Gasteiger partial charge in [0.25, 0.3) is 7.82 Å². The van der Waals surface area contributed by atoms with Gasteiger partial charge in [-0.2, -0.15) is 0 Å². The summed E-state index contributed by atoms with van der Waals surface area (Å²) < 4.78 is 21.1. The van der Waals surface area contributed by atoms with Crippen LogP contribution in [-0.4, -0.2) is 30.1 Å². The third-order valence-electron chi connectivity index (χ3n) is 4.83. The number of amides is 1. The van der Waals surface area contributed by atoms with E-state index in [0.29, 0.717) is 13.0 Å². The minimum absolute atomic E-state index is 0.0560.